The summed E-state index contributed by atoms with van der Waals surface area (Å²) in [6, 6.07) is 1.61. The fourth-order valence-corrected chi connectivity index (χ4v) is 3.30. The minimum atomic E-state index is -0.331. The number of aromatic nitrogens is 2. The van der Waals surface area contributed by atoms with Crippen LogP contribution in [0.2, 0.25) is 0 Å². The number of rotatable bonds is 6. The van der Waals surface area contributed by atoms with Gasteiger partial charge in [-0.05, 0) is 12.5 Å². The van der Waals surface area contributed by atoms with Crippen LogP contribution in [0.3, 0.4) is 0 Å². The maximum Gasteiger partial charge on any atom is 0.409 e. The Bertz CT molecular complexity index is 732. The van der Waals surface area contributed by atoms with Crippen LogP contribution in [-0.2, 0) is 29.2 Å². The molecule has 0 spiro atoms. The number of ether oxygens (including phenoxy) is 1. The summed E-state index contributed by atoms with van der Waals surface area (Å²) < 4.78 is 6.84. The van der Waals surface area contributed by atoms with Gasteiger partial charge in [-0.1, -0.05) is 13.8 Å². The zero-order valence-corrected chi connectivity index (χ0v) is 16.4. The second-order valence-electron chi connectivity index (χ2n) is 7.33. The van der Waals surface area contributed by atoms with Gasteiger partial charge in [-0.25, -0.2) is 9.59 Å². The molecule has 4 amide bonds. The molecule has 2 aliphatic rings. The van der Waals surface area contributed by atoms with Gasteiger partial charge in [0.05, 0.1) is 37.6 Å². The summed E-state index contributed by atoms with van der Waals surface area (Å²) in [4.78, 5) is 39.1. The Hall–Kier alpha value is -2.78. The number of fused-ring (bicyclic) bond motifs is 1. The average Bonchev–Trinajstić information content (AvgIpc) is 3.09. The zero-order chi connectivity index (χ0) is 20.1. The van der Waals surface area contributed by atoms with Crippen LogP contribution in [0.15, 0.2) is 6.07 Å². The largest absolute Gasteiger partial charge is 0.449 e. The summed E-state index contributed by atoms with van der Waals surface area (Å²) in [5.41, 5.74) is 1.73. The Morgan fingerprint density at radius 1 is 1.25 bits per heavy atom. The van der Waals surface area contributed by atoms with Gasteiger partial charge in [-0.2, -0.15) is 5.10 Å². The standard InChI is InChI=1S/C18H28N6O4/c1-13(2)16(25)23-7-8-24-15(12-23)10-14(21-24)11-20-17(26)19-4-6-22-5-3-9-28-18(22)27/h10,13H,3-9,11-12H2,1-2H3,(H2,19,20,26). The predicted octanol–water partition coefficient (Wildman–Crippen LogP) is 0.523. The van der Waals surface area contributed by atoms with Crippen molar-refractivity contribution >= 4 is 18.0 Å². The maximum atomic E-state index is 12.2. The normalized spacial score (nSPS) is 16.6. The summed E-state index contributed by atoms with van der Waals surface area (Å²) in [7, 11) is 0. The summed E-state index contributed by atoms with van der Waals surface area (Å²) in [6.45, 7) is 7.84. The fraction of sp³-hybridized carbons (Fsp3) is 0.667. The molecule has 0 aliphatic carbocycles. The van der Waals surface area contributed by atoms with Gasteiger partial charge in [-0.15, -0.1) is 0 Å². The minimum absolute atomic E-state index is 0.0221. The number of amides is 4. The Kier molecular flexibility index (Phi) is 6.37. The van der Waals surface area contributed by atoms with E-state index in [0.717, 1.165) is 17.8 Å². The summed E-state index contributed by atoms with van der Waals surface area (Å²) in [6.07, 6.45) is 0.477. The lowest BCUT2D eigenvalue weighted by Crippen LogP contribution is -2.44. The number of carbonyl (C=O) groups excluding carboxylic acids is 3. The van der Waals surface area contributed by atoms with E-state index in [-0.39, 0.29) is 23.9 Å². The van der Waals surface area contributed by atoms with E-state index in [0.29, 0.717) is 52.4 Å². The number of hydrogen-bond donors (Lipinski definition) is 2. The number of carbonyl (C=O) groups is 3. The lowest BCUT2D eigenvalue weighted by Gasteiger charge is -2.29. The Morgan fingerprint density at radius 3 is 2.82 bits per heavy atom. The first kappa shape index (κ1) is 20.0. The molecule has 2 N–H and O–H groups in total. The highest BCUT2D eigenvalue weighted by molar-refractivity contribution is 5.78. The van der Waals surface area contributed by atoms with Crippen LogP contribution in [0.4, 0.5) is 9.59 Å². The van der Waals surface area contributed by atoms with E-state index < -0.39 is 0 Å². The molecule has 1 fully saturated rings. The van der Waals surface area contributed by atoms with E-state index >= 15 is 0 Å². The van der Waals surface area contributed by atoms with Crippen LogP contribution in [0.5, 0.6) is 0 Å². The van der Waals surface area contributed by atoms with E-state index in [1.54, 1.807) is 4.90 Å². The first-order valence-corrected chi connectivity index (χ1v) is 9.72. The summed E-state index contributed by atoms with van der Waals surface area (Å²) in [5, 5.41) is 9.99. The molecule has 2 aliphatic heterocycles. The van der Waals surface area contributed by atoms with Crippen molar-refractivity contribution in [2.45, 2.75) is 39.9 Å². The molecule has 0 saturated carbocycles. The van der Waals surface area contributed by atoms with E-state index in [1.165, 1.54) is 0 Å². The third kappa shape index (κ3) is 4.93. The van der Waals surface area contributed by atoms with Crippen molar-refractivity contribution in [2.24, 2.45) is 5.92 Å². The molecule has 10 heteroatoms. The van der Waals surface area contributed by atoms with Gasteiger partial charge in [-0.3, -0.25) is 9.48 Å². The topological polar surface area (TPSA) is 109 Å². The van der Waals surface area contributed by atoms with Gasteiger partial charge in [0.15, 0.2) is 0 Å². The van der Waals surface area contributed by atoms with Crippen LogP contribution in [0.25, 0.3) is 0 Å². The van der Waals surface area contributed by atoms with Gasteiger partial charge in [0.2, 0.25) is 5.91 Å². The van der Waals surface area contributed by atoms with Crippen molar-refractivity contribution in [3.05, 3.63) is 17.5 Å². The molecule has 0 atom stereocenters. The van der Waals surface area contributed by atoms with Crippen molar-refractivity contribution < 1.29 is 19.1 Å². The van der Waals surface area contributed by atoms with Crippen LogP contribution in [-0.4, -0.2) is 70.4 Å². The predicted molar refractivity (Wildman–Crippen MR) is 100 cm³/mol. The van der Waals surface area contributed by atoms with Crippen LogP contribution < -0.4 is 10.6 Å². The molecular formula is C18H28N6O4. The quantitative estimate of drug-likeness (QED) is 0.734. The van der Waals surface area contributed by atoms with Crippen molar-refractivity contribution in [1.29, 1.82) is 0 Å². The SMILES string of the molecule is CC(C)C(=O)N1CCn2nc(CNC(=O)NCCN3CCCOC3=O)cc2C1. The Balaban J connectivity index is 1.41. The minimum Gasteiger partial charge on any atom is -0.449 e. The van der Waals surface area contributed by atoms with Gasteiger partial charge in [0, 0.05) is 32.1 Å². The molecule has 1 aromatic rings. The van der Waals surface area contributed by atoms with Crippen molar-refractivity contribution in [1.82, 2.24) is 30.2 Å². The second kappa shape index (κ2) is 8.94. The molecule has 1 aromatic heterocycles. The van der Waals surface area contributed by atoms with Gasteiger partial charge >= 0.3 is 12.1 Å². The van der Waals surface area contributed by atoms with Crippen LogP contribution in [0.1, 0.15) is 31.7 Å². The first-order valence-electron chi connectivity index (χ1n) is 9.72. The lowest BCUT2D eigenvalue weighted by molar-refractivity contribution is -0.136. The highest BCUT2D eigenvalue weighted by atomic mass is 16.6. The molecular weight excluding hydrogens is 364 g/mol. The van der Waals surface area contributed by atoms with E-state index in [1.807, 2.05) is 29.5 Å². The Labute approximate surface area is 164 Å². The Morgan fingerprint density at radius 2 is 2.07 bits per heavy atom. The molecule has 0 bridgehead atoms. The summed E-state index contributed by atoms with van der Waals surface area (Å²) >= 11 is 0. The number of urea groups is 1. The fourth-order valence-electron chi connectivity index (χ4n) is 3.30. The highest BCUT2D eigenvalue weighted by Gasteiger charge is 2.24. The van der Waals surface area contributed by atoms with Gasteiger partial charge in [0.25, 0.3) is 0 Å². The van der Waals surface area contributed by atoms with Gasteiger partial charge < -0.3 is 25.2 Å². The van der Waals surface area contributed by atoms with Crippen LogP contribution in [0, 0.1) is 5.92 Å². The molecule has 0 radical (unpaired) electrons. The van der Waals surface area contributed by atoms with Gasteiger partial charge in [0.1, 0.15) is 0 Å². The smallest absolute Gasteiger partial charge is 0.409 e. The van der Waals surface area contributed by atoms with Crippen molar-refractivity contribution in [3.63, 3.8) is 0 Å². The second-order valence-corrected chi connectivity index (χ2v) is 7.33. The van der Waals surface area contributed by atoms with Crippen molar-refractivity contribution in [3.8, 4) is 0 Å². The highest BCUT2D eigenvalue weighted by Crippen LogP contribution is 2.16. The number of hydrogen-bond acceptors (Lipinski definition) is 5. The zero-order valence-electron chi connectivity index (χ0n) is 16.4. The molecule has 0 aromatic carbocycles. The van der Waals surface area contributed by atoms with E-state index in [2.05, 4.69) is 15.7 Å². The number of cyclic esters (lactones) is 1. The number of nitrogens with one attached hydrogen (secondary N) is 2. The molecule has 1 saturated heterocycles. The third-order valence-corrected chi connectivity index (χ3v) is 4.81. The summed E-state index contributed by atoms with van der Waals surface area (Å²) in [5.74, 6) is 0.121. The molecule has 3 heterocycles. The third-order valence-electron chi connectivity index (χ3n) is 4.81. The molecule has 154 valence electrons. The maximum absolute atomic E-state index is 12.2. The molecule has 3 rings (SSSR count). The lowest BCUT2D eigenvalue weighted by atomic mass is 10.1. The number of nitrogens with zero attached hydrogens (tertiary/aromatic N) is 4. The molecule has 0 unspecified atom stereocenters. The first-order chi connectivity index (χ1) is 13.4. The molecule has 28 heavy (non-hydrogen) atoms. The van der Waals surface area contributed by atoms with Crippen LogP contribution >= 0.6 is 0 Å². The average molecular weight is 392 g/mol. The van der Waals surface area contributed by atoms with E-state index in [9.17, 15) is 14.4 Å². The molecule has 10 nitrogen and oxygen atoms in total. The van der Waals surface area contributed by atoms with Crippen molar-refractivity contribution in [2.75, 3.05) is 32.8 Å². The monoisotopic (exact) mass is 392 g/mol. The van der Waals surface area contributed by atoms with E-state index in [4.69, 9.17) is 4.74 Å².